The van der Waals surface area contributed by atoms with Crippen LogP contribution in [0.4, 0.5) is 0 Å². The fourth-order valence-corrected chi connectivity index (χ4v) is 2.25. The van der Waals surface area contributed by atoms with Crippen LogP contribution in [0.25, 0.3) is 0 Å². The third-order valence-corrected chi connectivity index (χ3v) is 3.30. The van der Waals surface area contributed by atoms with Crippen LogP contribution in [0.2, 0.25) is 5.02 Å². The summed E-state index contributed by atoms with van der Waals surface area (Å²) in [6.45, 7) is 5.80. The molecule has 0 fully saturated rings. The lowest BCUT2D eigenvalue weighted by molar-refractivity contribution is 0.245. The second-order valence-corrected chi connectivity index (χ2v) is 5.30. The molecular weight excluding hydrogens is 300 g/mol. The largest absolute Gasteiger partial charge is 0.494 e. The Kier molecular flexibility index (Phi) is 6.41. The SMILES string of the molecule is CCOc1cccc(OCCCOc2ccc(Cl)cc2C)c1. The van der Waals surface area contributed by atoms with Gasteiger partial charge >= 0.3 is 0 Å². The predicted molar refractivity (Wildman–Crippen MR) is 89.4 cm³/mol. The molecule has 0 atom stereocenters. The van der Waals surface area contributed by atoms with Crippen molar-refractivity contribution in [1.29, 1.82) is 0 Å². The summed E-state index contributed by atoms with van der Waals surface area (Å²) in [5, 5.41) is 0.724. The highest BCUT2D eigenvalue weighted by Crippen LogP contribution is 2.22. The van der Waals surface area contributed by atoms with E-state index in [0.717, 1.165) is 34.3 Å². The molecule has 0 unspecified atom stereocenters. The van der Waals surface area contributed by atoms with E-state index in [1.54, 1.807) is 0 Å². The lowest BCUT2D eigenvalue weighted by Gasteiger charge is -2.11. The molecular formula is C18H21ClO3. The smallest absolute Gasteiger partial charge is 0.122 e. The van der Waals surface area contributed by atoms with Crippen molar-refractivity contribution >= 4 is 11.6 Å². The van der Waals surface area contributed by atoms with Gasteiger partial charge in [-0.25, -0.2) is 0 Å². The van der Waals surface area contributed by atoms with Crippen molar-refractivity contribution in [2.75, 3.05) is 19.8 Å². The summed E-state index contributed by atoms with van der Waals surface area (Å²) in [6.07, 6.45) is 0.806. The van der Waals surface area contributed by atoms with Crippen LogP contribution < -0.4 is 14.2 Å². The van der Waals surface area contributed by atoms with Crippen molar-refractivity contribution in [2.24, 2.45) is 0 Å². The number of ether oxygens (including phenoxy) is 3. The van der Waals surface area contributed by atoms with Crippen LogP contribution in [0.3, 0.4) is 0 Å². The van der Waals surface area contributed by atoms with Crippen LogP contribution in [0.5, 0.6) is 17.2 Å². The van der Waals surface area contributed by atoms with Crippen molar-refractivity contribution in [2.45, 2.75) is 20.3 Å². The highest BCUT2D eigenvalue weighted by atomic mass is 35.5. The number of benzene rings is 2. The van der Waals surface area contributed by atoms with Crippen molar-refractivity contribution < 1.29 is 14.2 Å². The minimum absolute atomic E-state index is 0.599. The van der Waals surface area contributed by atoms with E-state index in [-0.39, 0.29) is 0 Å². The van der Waals surface area contributed by atoms with Crippen LogP contribution in [0.15, 0.2) is 42.5 Å². The monoisotopic (exact) mass is 320 g/mol. The molecule has 0 saturated carbocycles. The fraction of sp³-hybridized carbons (Fsp3) is 0.333. The maximum atomic E-state index is 5.92. The van der Waals surface area contributed by atoms with Gasteiger partial charge in [-0.3, -0.25) is 0 Å². The van der Waals surface area contributed by atoms with Gasteiger partial charge in [0.15, 0.2) is 0 Å². The Bertz CT molecular complexity index is 599. The zero-order valence-electron chi connectivity index (χ0n) is 13.0. The Morgan fingerprint density at radius 2 is 1.64 bits per heavy atom. The van der Waals surface area contributed by atoms with Crippen molar-refractivity contribution in [3.05, 3.63) is 53.1 Å². The Labute approximate surface area is 136 Å². The lowest BCUT2D eigenvalue weighted by atomic mass is 10.2. The molecule has 0 radical (unpaired) electrons. The van der Waals surface area contributed by atoms with Crippen LogP contribution in [-0.4, -0.2) is 19.8 Å². The first-order valence-corrected chi connectivity index (χ1v) is 7.81. The van der Waals surface area contributed by atoms with Gasteiger partial charge in [-0.2, -0.15) is 0 Å². The summed E-state index contributed by atoms with van der Waals surface area (Å²) in [6, 6.07) is 13.3. The van der Waals surface area contributed by atoms with Gasteiger partial charge in [0, 0.05) is 17.5 Å². The quantitative estimate of drug-likeness (QED) is 0.648. The Morgan fingerprint density at radius 3 is 2.36 bits per heavy atom. The minimum atomic E-state index is 0.599. The summed E-state index contributed by atoms with van der Waals surface area (Å²) in [7, 11) is 0. The zero-order chi connectivity index (χ0) is 15.8. The van der Waals surface area contributed by atoms with Gasteiger partial charge in [-0.15, -0.1) is 0 Å². The van der Waals surface area contributed by atoms with Crippen LogP contribution in [0, 0.1) is 6.92 Å². The van der Waals surface area contributed by atoms with Gasteiger partial charge in [0.25, 0.3) is 0 Å². The molecule has 2 rings (SSSR count). The van der Waals surface area contributed by atoms with E-state index in [1.165, 1.54) is 0 Å². The van der Waals surface area contributed by atoms with Gasteiger partial charge in [0.05, 0.1) is 19.8 Å². The average Bonchev–Trinajstić information content (AvgIpc) is 2.50. The van der Waals surface area contributed by atoms with E-state index in [1.807, 2.05) is 56.3 Å². The summed E-state index contributed by atoms with van der Waals surface area (Å²) in [5.41, 5.74) is 1.04. The van der Waals surface area contributed by atoms with Gasteiger partial charge in [0.1, 0.15) is 17.2 Å². The number of aryl methyl sites for hydroxylation is 1. The third kappa shape index (κ3) is 5.15. The standard InChI is InChI=1S/C18H21ClO3/c1-3-20-16-6-4-7-17(13-16)21-10-5-11-22-18-9-8-15(19)12-14(18)2/h4,6-9,12-13H,3,5,10-11H2,1-2H3. The van der Waals surface area contributed by atoms with Gasteiger partial charge < -0.3 is 14.2 Å². The second-order valence-electron chi connectivity index (χ2n) is 4.87. The molecule has 22 heavy (non-hydrogen) atoms. The molecule has 3 nitrogen and oxygen atoms in total. The van der Waals surface area contributed by atoms with E-state index < -0.39 is 0 Å². The van der Waals surface area contributed by atoms with Crippen molar-refractivity contribution in [3.63, 3.8) is 0 Å². The second kappa shape index (κ2) is 8.54. The van der Waals surface area contributed by atoms with Crippen molar-refractivity contribution in [1.82, 2.24) is 0 Å². The molecule has 0 aromatic heterocycles. The Morgan fingerprint density at radius 1 is 0.909 bits per heavy atom. The maximum Gasteiger partial charge on any atom is 0.122 e. The minimum Gasteiger partial charge on any atom is -0.494 e. The number of halogens is 1. The molecule has 118 valence electrons. The summed E-state index contributed by atoms with van der Waals surface area (Å²) < 4.78 is 16.9. The topological polar surface area (TPSA) is 27.7 Å². The Balaban J connectivity index is 1.72. The number of hydrogen-bond donors (Lipinski definition) is 0. The molecule has 0 bridgehead atoms. The molecule has 0 aliphatic rings. The Hall–Kier alpha value is -1.87. The van der Waals surface area contributed by atoms with Gasteiger partial charge in [-0.05, 0) is 49.7 Å². The number of hydrogen-bond acceptors (Lipinski definition) is 3. The highest BCUT2D eigenvalue weighted by Gasteiger charge is 2.01. The molecule has 4 heteroatoms. The summed E-state index contributed by atoms with van der Waals surface area (Å²) in [4.78, 5) is 0. The molecule has 0 aliphatic carbocycles. The number of rotatable bonds is 8. The molecule has 0 heterocycles. The molecule has 2 aromatic rings. The van der Waals surface area contributed by atoms with E-state index in [2.05, 4.69) is 0 Å². The first kappa shape index (κ1) is 16.5. The van der Waals surface area contributed by atoms with Crippen LogP contribution in [0.1, 0.15) is 18.9 Å². The fourth-order valence-electron chi connectivity index (χ4n) is 2.03. The van der Waals surface area contributed by atoms with Crippen LogP contribution in [-0.2, 0) is 0 Å². The first-order valence-electron chi connectivity index (χ1n) is 7.43. The maximum absolute atomic E-state index is 5.92. The molecule has 0 aliphatic heterocycles. The summed E-state index contributed by atoms with van der Waals surface area (Å²) >= 11 is 5.92. The van der Waals surface area contributed by atoms with E-state index in [0.29, 0.717) is 19.8 Å². The van der Waals surface area contributed by atoms with Crippen LogP contribution >= 0.6 is 11.6 Å². The molecule has 0 spiro atoms. The normalized spacial score (nSPS) is 10.3. The summed E-state index contributed by atoms with van der Waals surface area (Å²) in [5.74, 6) is 2.50. The molecule has 0 saturated heterocycles. The molecule has 2 aromatic carbocycles. The lowest BCUT2D eigenvalue weighted by Crippen LogP contribution is -2.05. The van der Waals surface area contributed by atoms with Crippen molar-refractivity contribution in [3.8, 4) is 17.2 Å². The predicted octanol–water partition coefficient (Wildman–Crippen LogP) is 4.90. The van der Waals surface area contributed by atoms with E-state index in [4.69, 9.17) is 25.8 Å². The van der Waals surface area contributed by atoms with Gasteiger partial charge in [-0.1, -0.05) is 17.7 Å². The first-order chi connectivity index (χ1) is 10.7. The third-order valence-electron chi connectivity index (χ3n) is 3.07. The molecule has 0 amide bonds. The van der Waals surface area contributed by atoms with E-state index >= 15 is 0 Å². The zero-order valence-corrected chi connectivity index (χ0v) is 13.7. The molecule has 0 N–H and O–H groups in total. The van der Waals surface area contributed by atoms with Gasteiger partial charge in [0.2, 0.25) is 0 Å². The van der Waals surface area contributed by atoms with E-state index in [9.17, 15) is 0 Å². The highest BCUT2D eigenvalue weighted by molar-refractivity contribution is 6.30. The average molecular weight is 321 g/mol.